The molecule has 1 atom stereocenters. The number of aromatic nitrogens is 4. The quantitative estimate of drug-likeness (QED) is 0.199. The van der Waals surface area contributed by atoms with Gasteiger partial charge in [-0.1, -0.05) is 31.0 Å². The predicted octanol–water partition coefficient (Wildman–Crippen LogP) is 2.34. The first-order valence-electron chi connectivity index (χ1n) is 13.2. The van der Waals surface area contributed by atoms with Gasteiger partial charge >= 0.3 is 0 Å². The van der Waals surface area contributed by atoms with Gasteiger partial charge in [-0.3, -0.25) is 23.7 Å². The summed E-state index contributed by atoms with van der Waals surface area (Å²) in [5.41, 5.74) is 1.06. The van der Waals surface area contributed by atoms with Crippen molar-refractivity contribution in [3.63, 3.8) is 0 Å². The average Bonchev–Trinajstić information content (AvgIpc) is 3.51. The van der Waals surface area contributed by atoms with Crippen LogP contribution in [0.4, 0.5) is 11.5 Å². The number of pyridine rings is 1. The number of carbonyl (C=O) groups excluding carboxylic acids is 2. The molecule has 1 aliphatic rings. The molecule has 13 nitrogen and oxygen atoms in total. The summed E-state index contributed by atoms with van der Waals surface area (Å²) in [7, 11) is -4.06. The number of para-hydroxylation sites is 1. The number of fused-ring (bicyclic) bond motifs is 1. The van der Waals surface area contributed by atoms with E-state index in [1.807, 2.05) is 0 Å². The predicted molar refractivity (Wildman–Crippen MR) is 161 cm³/mol. The lowest BCUT2D eigenvalue weighted by molar-refractivity contribution is 0.0937. The number of benzene rings is 2. The Hall–Kier alpha value is -5.52. The van der Waals surface area contributed by atoms with Gasteiger partial charge in [-0.2, -0.15) is 13.1 Å². The van der Waals surface area contributed by atoms with Crippen molar-refractivity contribution in [3.05, 3.63) is 93.7 Å². The molecule has 0 bridgehead atoms. The molecule has 216 valence electrons. The van der Waals surface area contributed by atoms with Gasteiger partial charge in [0.05, 0.1) is 28.4 Å². The fraction of sp³-hybridized carbons (Fsp3) is 0.138. The van der Waals surface area contributed by atoms with Gasteiger partial charge in [0.25, 0.3) is 27.6 Å². The van der Waals surface area contributed by atoms with Crippen molar-refractivity contribution in [2.45, 2.75) is 19.9 Å². The lowest BCUT2D eigenvalue weighted by Gasteiger charge is -2.23. The molecule has 4 heterocycles. The van der Waals surface area contributed by atoms with Crippen LogP contribution in [0.2, 0.25) is 0 Å². The molecule has 14 heteroatoms. The molecule has 1 aliphatic heterocycles. The first-order valence-corrected chi connectivity index (χ1v) is 14.6. The summed E-state index contributed by atoms with van der Waals surface area (Å²) >= 11 is 0. The molecule has 0 unspecified atom stereocenters. The maximum Gasteiger partial charge on any atom is 0.300 e. The third-order valence-corrected chi connectivity index (χ3v) is 8.09. The second kappa shape index (κ2) is 10.4. The summed E-state index contributed by atoms with van der Waals surface area (Å²) in [5, 5.41) is 10.4. The molecule has 0 aliphatic carbocycles. The molecule has 6 rings (SSSR count). The molecule has 43 heavy (non-hydrogen) atoms. The third-order valence-electron chi connectivity index (χ3n) is 6.96. The minimum atomic E-state index is -4.06. The van der Waals surface area contributed by atoms with Crippen LogP contribution in [-0.2, 0) is 10.2 Å². The number of hydrogen-bond donors (Lipinski definition) is 4. The summed E-state index contributed by atoms with van der Waals surface area (Å²) < 4.78 is 32.2. The van der Waals surface area contributed by atoms with Crippen LogP contribution in [0.5, 0.6) is 0 Å². The van der Waals surface area contributed by atoms with Crippen LogP contribution < -0.4 is 25.6 Å². The normalized spacial score (nSPS) is 13.1. The zero-order valence-corrected chi connectivity index (χ0v) is 23.7. The van der Waals surface area contributed by atoms with Crippen LogP contribution in [-0.4, -0.2) is 45.9 Å². The van der Waals surface area contributed by atoms with Crippen molar-refractivity contribution in [1.82, 2.24) is 29.2 Å². The molecule has 0 saturated heterocycles. The maximum atomic E-state index is 14.1. The standard InChI is InChI=1S/C29H24N8O5S/c1-4-17-12-13-19-21-20(17)29(40)37(18-10-7-6-8-11-18)24(22(21)27(38)33-19)16(3)32-28(39)23-25(35-43(41,42)31-5-2)34-36-15-9-14-30-26(23)36/h1,6-16,31H,5H2,2-3H3,(H,32,39)(H,33,38)(H,34,35)/t16-/m1/s1. The number of carbonyl (C=O) groups is 2. The van der Waals surface area contributed by atoms with Crippen LogP contribution in [0.15, 0.2) is 65.7 Å². The second-order valence-corrected chi connectivity index (χ2v) is 11.2. The number of anilines is 2. The van der Waals surface area contributed by atoms with E-state index in [1.165, 1.54) is 21.5 Å². The van der Waals surface area contributed by atoms with E-state index in [2.05, 4.69) is 36.1 Å². The Morgan fingerprint density at radius 3 is 2.60 bits per heavy atom. The van der Waals surface area contributed by atoms with E-state index in [1.54, 1.807) is 62.4 Å². The smallest absolute Gasteiger partial charge is 0.300 e. The Balaban J connectivity index is 1.54. The summed E-state index contributed by atoms with van der Waals surface area (Å²) in [6.45, 7) is 3.33. The molecule has 5 aromatic rings. The van der Waals surface area contributed by atoms with Gasteiger partial charge in [0.2, 0.25) is 0 Å². The topological polar surface area (TPSA) is 169 Å². The number of hydrogen-bond acceptors (Lipinski definition) is 7. The van der Waals surface area contributed by atoms with Crippen molar-refractivity contribution < 1.29 is 18.0 Å². The summed E-state index contributed by atoms with van der Waals surface area (Å²) in [5.74, 6) is 1.07. The van der Waals surface area contributed by atoms with Crippen molar-refractivity contribution >= 4 is 49.9 Å². The van der Waals surface area contributed by atoms with E-state index in [-0.39, 0.29) is 40.2 Å². The first-order chi connectivity index (χ1) is 20.6. The monoisotopic (exact) mass is 596 g/mol. The van der Waals surface area contributed by atoms with Crippen molar-refractivity contribution in [1.29, 1.82) is 0 Å². The Morgan fingerprint density at radius 2 is 1.88 bits per heavy atom. The van der Waals surface area contributed by atoms with Crippen molar-refractivity contribution in [2.24, 2.45) is 0 Å². The maximum absolute atomic E-state index is 14.1. The van der Waals surface area contributed by atoms with Gasteiger partial charge in [-0.15, -0.1) is 11.5 Å². The molecule has 0 fully saturated rings. The summed E-state index contributed by atoms with van der Waals surface area (Å²) in [6.07, 6.45) is 8.69. The molecule has 2 aromatic carbocycles. The van der Waals surface area contributed by atoms with E-state index in [0.717, 1.165) is 0 Å². The number of rotatable bonds is 8. The molecule has 4 N–H and O–H groups in total. The van der Waals surface area contributed by atoms with Crippen LogP contribution in [0, 0.1) is 12.3 Å². The molecule has 0 spiro atoms. The Bertz CT molecular complexity index is 2180. The lowest BCUT2D eigenvalue weighted by atomic mass is 9.97. The zero-order chi connectivity index (χ0) is 30.5. The number of amides is 2. The van der Waals surface area contributed by atoms with E-state index >= 15 is 0 Å². The fourth-order valence-corrected chi connectivity index (χ4v) is 6.14. The van der Waals surface area contributed by atoms with Crippen LogP contribution >= 0.6 is 0 Å². The van der Waals surface area contributed by atoms with Gasteiger partial charge in [0.15, 0.2) is 11.5 Å². The molecule has 0 radical (unpaired) electrons. The average molecular weight is 597 g/mol. The summed E-state index contributed by atoms with van der Waals surface area (Å²) in [6, 6.07) is 12.5. The van der Waals surface area contributed by atoms with Crippen LogP contribution in [0.3, 0.4) is 0 Å². The van der Waals surface area contributed by atoms with E-state index in [9.17, 15) is 22.8 Å². The van der Waals surface area contributed by atoms with E-state index in [4.69, 9.17) is 6.42 Å². The largest absolute Gasteiger partial charge is 0.344 e. The van der Waals surface area contributed by atoms with E-state index in [0.29, 0.717) is 22.3 Å². The molecular weight excluding hydrogens is 572 g/mol. The van der Waals surface area contributed by atoms with Crippen LogP contribution in [0.25, 0.3) is 22.1 Å². The summed E-state index contributed by atoms with van der Waals surface area (Å²) in [4.78, 5) is 45.7. The molecule has 0 saturated carbocycles. The Kier molecular flexibility index (Phi) is 6.68. The minimum Gasteiger partial charge on any atom is -0.344 e. The van der Waals surface area contributed by atoms with Crippen molar-refractivity contribution in [3.8, 4) is 18.0 Å². The van der Waals surface area contributed by atoms with Gasteiger partial charge in [0.1, 0.15) is 5.56 Å². The lowest BCUT2D eigenvalue weighted by Crippen LogP contribution is -2.35. The molecule has 2 amide bonds. The van der Waals surface area contributed by atoms with E-state index < -0.39 is 33.6 Å². The zero-order valence-electron chi connectivity index (χ0n) is 22.9. The van der Waals surface area contributed by atoms with Gasteiger partial charge < -0.3 is 10.6 Å². The molecule has 3 aromatic heterocycles. The number of nitrogens with one attached hydrogen (secondary N) is 4. The number of nitrogens with zero attached hydrogens (tertiary/aromatic N) is 4. The molecular formula is C29H24N8O5S. The van der Waals surface area contributed by atoms with Crippen molar-refractivity contribution in [2.75, 3.05) is 16.6 Å². The first kappa shape index (κ1) is 27.6. The van der Waals surface area contributed by atoms with Gasteiger partial charge in [-0.25, -0.2) is 9.50 Å². The minimum absolute atomic E-state index is 0.0867. The Labute approximate surface area is 245 Å². The SMILES string of the molecule is C#Cc1ccc2c3c(c([C@@H](C)NC(=O)c4c(NS(=O)(=O)NCC)nn5cccnc45)n(-c4ccccc4)c(=O)c13)C(=O)N2. The highest BCUT2D eigenvalue weighted by atomic mass is 32.2. The van der Waals surface area contributed by atoms with Gasteiger partial charge in [0, 0.05) is 35.6 Å². The third kappa shape index (κ3) is 4.56. The van der Waals surface area contributed by atoms with Crippen LogP contribution in [0.1, 0.15) is 51.9 Å². The second-order valence-electron chi connectivity index (χ2n) is 9.66. The van der Waals surface area contributed by atoms with Gasteiger partial charge in [-0.05, 0) is 37.3 Å². The number of terminal acetylenes is 1. The highest BCUT2D eigenvalue weighted by Crippen LogP contribution is 2.38. The highest BCUT2D eigenvalue weighted by Gasteiger charge is 2.34. The Morgan fingerprint density at radius 1 is 1.12 bits per heavy atom. The highest BCUT2D eigenvalue weighted by molar-refractivity contribution is 7.90. The fourth-order valence-electron chi connectivity index (χ4n) is 5.29.